The Balaban J connectivity index is 1.50. The predicted octanol–water partition coefficient (Wildman–Crippen LogP) is 8.65. The van der Waals surface area contributed by atoms with E-state index in [0.717, 1.165) is 57.8 Å². The third-order valence-electron chi connectivity index (χ3n) is 6.76. The smallest absolute Gasteiger partial charge is 0.306 e. The maximum Gasteiger partial charge on any atom is 0.306 e. The van der Waals surface area contributed by atoms with E-state index >= 15 is 0 Å². The summed E-state index contributed by atoms with van der Waals surface area (Å²) >= 11 is 0. The van der Waals surface area contributed by atoms with Crippen LogP contribution in [0.1, 0.15) is 84.5 Å². The molecule has 1 heterocycles. The first-order chi connectivity index (χ1) is 19.1. The molecule has 0 amide bonds. The van der Waals surface area contributed by atoms with Crippen LogP contribution < -0.4 is 0 Å². The van der Waals surface area contributed by atoms with E-state index < -0.39 is 6.10 Å². The minimum absolute atomic E-state index is 0.0161. The van der Waals surface area contributed by atoms with Gasteiger partial charge in [0.15, 0.2) is 11.9 Å². The van der Waals surface area contributed by atoms with Crippen molar-refractivity contribution < 1.29 is 19.1 Å². The molecule has 0 N–H and O–H groups in total. The van der Waals surface area contributed by atoms with Gasteiger partial charge in [-0.25, -0.2) is 0 Å². The predicted molar refractivity (Wildman–Crippen MR) is 162 cm³/mol. The molecular weight excluding hydrogens is 484 g/mol. The largest absolute Gasteiger partial charge is 0.462 e. The van der Waals surface area contributed by atoms with Crippen molar-refractivity contribution in [1.29, 1.82) is 0 Å². The van der Waals surface area contributed by atoms with Crippen LogP contribution in [0.5, 0.6) is 0 Å². The third kappa shape index (κ3) is 14.7. The Morgan fingerprint density at radius 2 is 1.46 bits per heavy atom. The van der Waals surface area contributed by atoms with E-state index in [4.69, 9.17) is 9.47 Å². The van der Waals surface area contributed by atoms with Gasteiger partial charge in [-0.15, -0.1) is 0 Å². The van der Waals surface area contributed by atoms with Crippen LogP contribution in [-0.2, 0) is 19.1 Å². The van der Waals surface area contributed by atoms with Crippen LogP contribution >= 0.6 is 0 Å². The number of allylic oxidation sites excluding steroid dienone is 13. The van der Waals surface area contributed by atoms with Gasteiger partial charge in [0, 0.05) is 12.3 Å². The van der Waals surface area contributed by atoms with Gasteiger partial charge in [0.1, 0.15) is 6.61 Å². The molecule has 0 aromatic rings. The molecule has 4 nitrogen and oxygen atoms in total. The second-order valence-corrected chi connectivity index (χ2v) is 9.97. The molecule has 212 valence electrons. The van der Waals surface area contributed by atoms with E-state index in [9.17, 15) is 9.59 Å². The molecule has 0 fully saturated rings. The number of carbonyl (C=O) groups is 2. The molecule has 2 aliphatic rings. The first-order valence-corrected chi connectivity index (χ1v) is 14.7. The van der Waals surface area contributed by atoms with E-state index in [1.165, 1.54) is 5.57 Å². The Kier molecular flexibility index (Phi) is 17.3. The fraction of sp³-hybridized carbons (Fsp3) is 0.486. The fourth-order valence-corrected chi connectivity index (χ4v) is 4.50. The van der Waals surface area contributed by atoms with Crippen molar-refractivity contribution in [1.82, 2.24) is 0 Å². The zero-order valence-corrected chi connectivity index (χ0v) is 24.0. The SMILES string of the molecule is CC/C=C\C/C=C\C/C=C\C/C=C\C/C=C\C/C=C\CCC(=O)OC[C@H]1O[C@H](C2CCCC=C2C)C=CC1=O. The van der Waals surface area contributed by atoms with Gasteiger partial charge in [-0.05, 0) is 77.2 Å². The Bertz CT molecular complexity index is 957. The molecular formula is C35H48O4. The van der Waals surface area contributed by atoms with Crippen molar-refractivity contribution >= 4 is 11.8 Å². The summed E-state index contributed by atoms with van der Waals surface area (Å²) in [7, 11) is 0. The Hall–Kier alpha value is -2.98. The summed E-state index contributed by atoms with van der Waals surface area (Å²) in [6.45, 7) is 4.26. The average molecular weight is 533 g/mol. The molecule has 0 saturated heterocycles. The molecule has 0 aromatic heterocycles. The molecule has 1 aliphatic carbocycles. The van der Waals surface area contributed by atoms with Gasteiger partial charge >= 0.3 is 5.97 Å². The highest BCUT2D eigenvalue weighted by Crippen LogP contribution is 2.31. The number of rotatable bonds is 17. The molecule has 3 atom stereocenters. The molecule has 1 aliphatic heterocycles. The van der Waals surface area contributed by atoms with Crippen LogP contribution in [0.25, 0.3) is 0 Å². The second kappa shape index (κ2) is 20.9. The summed E-state index contributed by atoms with van der Waals surface area (Å²) in [6.07, 6.45) is 40.8. The Morgan fingerprint density at radius 3 is 2.03 bits per heavy atom. The van der Waals surface area contributed by atoms with Crippen LogP contribution in [0.2, 0.25) is 0 Å². The first kappa shape index (κ1) is 32.2. The molecule has 0 aromatic carbocycles. The van der Waals surface area contributed by atoms with E-state index in [0.29, 0.717) is 18.8 Å². The summed E-state index contributed by atoms with van der Waals surface area (Å²) in [6, 6.07) is 0. The monoisotopic (exact) mass is 532 g/mol. The zero-order valence-electron chi connectivity index (χ0n) is 24.0. The van der Waals surface area contributed by atoms with E-state index in [1.54, 1.807) is 6.08 Å². The summed E-state index contributed by atoms with van der Waals surface area (Å²) in [5, 5.41) is 0. The molecule has 1 unspecified atom stereocenters. The van der Waals surface area contributed by atoms with E-state index in [2.05, 4.69) is 86.8 Å². The minimum atomic E-state index is -0.704. The van der Waals surface area contributed by atoms with Crippen LogP contribution in [0.15, 0.2) is 96.7 Å². The maximum absolute atomic E-state index is 12.2. The van der Waals surface area contributed by atoms with Crippen molar-refractivity contribution in [3.8, 4) is 0 Å². The Labute approximate surface area is 236 Å². The van der Waals surface area contributed by atoms with E-state index in [-0.39, 0.29) is 24.5 Å². The van der Waals surface area contributed by atoms with Crippen molar-refractivity contribution in [2.45, 2.75) is 96.7 Å². The maximum atomic E-state index is 12.2. The number of esters is 1. The van der Waals surface area contributed by atoms with Gasteiger partial charge in [-0.1, -0.05) is 97.6 Å². The summed E-state index contributed by atoms with van der Waals surface area (Å²) < 4.78 is 11.4. The van der Waals surface area contributed by atoms with E-state index in [1.807, 2.05) is 12.2 Å². The van der Waals surface area contributed by atoms with Crippen molar-refractivity contribution in [3.63, 3.8) is 0 Å². The number of hydrogen-bond acceptors (Lipinski definition) is 4. The lowest BCUT2D eigenvalue weighted by atomic mass is 9.83. The van der Waals surface area contributed by atoms with Gasteiger partial charge in [-0.3, -0.25) is 9.59 Å². The first-order valence-electron chi connectivity index (χ1n) is 14.7. The highest BCUT2D eigenvalue weighted by molar-refractivity contribution is 5.94. The third-order valence-corrected chi connectivity index (χ3v) is 6.76. The summed E-state index contributed by atoms with van der Waals surface area (Å²) in [5.74, 6) is -0.131. The van der Waals surface area contributed by atoms with Gasteiger partial charge in [-0.2, -0.15) is 0 Å². The van der Waals surface area contributed by atoms with Gasteiger partial charge in [0.25, 0.3) is 0 Å². The topological polar surface area (TPSA) is 52.6 Å². The molecule has 4 heteroatoms. The van der Waals surface area contributed by atoms with Gasteiger partial charge in [0.05, 0.1) is 6.10 Å². The van der Waals surface area contributed by atoms with Crippen molar-refractivity contribution in [2.75, 3.05) is 6.61 Å². The molecule has 39 heavy (non-hydrogen) atoms. The van der Waals surface area contributed by atoms with Crippen molar-refractivity contribution in [3.05, 3.63) is 96.7 Å². The molecule has 0 spiro atoms. The average Bonchev–Trinajstić information content (AvgIpc) is 2.94. The summed E-state index contributed by atoms with van der Waals surface area (Å²) in [4.78, 5) is 24.3. The molecule has 2 rings (SSSR count). The van der Waals surface area contributed by atoms with Gasteiger partial charge < -0.3 is 9.47 Å². The highest BCUT2D eigenvalue weighted by Gasteiger charge is 2.32. The van der Waals surface area contributed by atoms with Crippen LogP contribution in [-0.4, -0.2) is 30.6 Å². The number of carbonyl (C=O) groups excluding carboxylic acids is 2. The summed E-state index contributed by atoms with van der Waals surface area (Å²) in [5.41, 5.74) is 1.32. The highest BCUT2D eigenvalue weighted by atomic mass is 16.6. The molecule has 0 radical (unpaired) electrons. The second-order valence-electron chi connectivity index (χ2n) is 9.97. The van der Waals surface area contributed by atoms with Crippen LogP contribution in [0.4, 0.5) is 0 Å². The standard InChI is InChI=1S/C35H48O4/c1-3-4-5-6-7-8-9-10-11-12-13-14-15-16-17-18-19-20-21-26-35(37)38-29-34-32(36)27-28-33(39-34)31-25-23-22-24-30(31)2/h4-5,7-8,10-11,13-14,16-17,19-20,24,27-28,31,33-34H,3,6,9,12,15,18,21-23,25-26,29H2,1-2H3/b5-4-,8-7-,11-10-,14-13-,17-16-,20-19-/t31?,33-,34+/m0/s1. The zero-order chi connectivity index (χ0) is 28.0. The van der Waals surface area contributed by atoms with Crippen molar-refractivity contribution in [2.24, 2.45) is 5.92 Å². The lowest BCUT2D eigenvalue weighted by molar-refractivity contribution is -0.153. The number of hydrogen-bond donors (Lipinski definition) is 0. The van der Waals surface area contributed by atoms with Crippen LogP contribution in [0.3, 0.4) is 0 Å². The number of ketones is 1. The number of ether oxygens (including phenoxy) is 2. The fourth-order valence-electron chi connectivity index (χ4n) is 4.50. The lowest BCUT2D eigenvalue weighted by Gasteiger charge is -2.33. The molecule has 0 saturated carbocycles. The lowest BCUT2D eigenvalue weighted by Crippen LogP contribution is -2.39. The molecule has 0 bridgehead atoms. The minimum Gasteiger partial charge on any atom is -0.462 e. The van der Waals surface area contributed by atoms with Gasteiger partial charge in [0.2, 0.25) is 0 Å². The normalized spacial score (nSPS) is 22.5. The Morgan fingerprint density at radius 1 is 0.897 bits per heavy atom. The quantitative estimate of drug-likeness (QED) is 0.139. The van der Waals surface area contributed by atoms with Crippen LogP contribution in [0, 0.1) is 5.92 Å².